The van der Waals surface area contributed by atoms with Gasteiger partial charge in [0.2, 0.25) is 10.0 Å². The summed E-state index contributed by atoms with van der Waals surface area (Å²) in [6.07, 6.45) is 5.91. The Labute approximate surface area is 137 Å². The van der Waals surface area contributed by atoms with Gasteiger partial charge in [0.25, 0.3) is 0 Å². The highest BCUT2D eigenvalue weighted by atomic mass is 32.2. The van der Waals surface area contributed by atoms with Crippen molar-refractivity contribution in [3.63, 3.8) is 0 Å². The van der Waals surface area contributed by atoms with E-state index in [2.05, 4.69) is 4.98 Å². The highest BCUT2D eigenvalue weighted by molar-refractivity contribution is 7.89. The van der Waals surface area contributed by atoms with Crippen molar-refractivity contribution >= 4 is 10.0 Å². The summed E-state index contributed by atoms with van der Waals surface area (Å²) in [6, 6.07) is 3.89. The van der Waals surface area contributed by atoms with Crippen LogP contribution in [0, 0.1) is 0 Å². The molecule has 0 radical (unpaired) electrons. The van der Waals surface area contributed by atoms with Crippen molar-refractivity contribution in [3.05, 3.63) is 30.1 Å². The van der Waals surface area contributed by atoms with Gasteiger partial charge in [-0.25, -0.2) is 8.42 Å². The topological polar surface area (TPSA) is 68.7 Å². The number of pyridine rings is 1. The lowest BCUT2D eigenvalue weighted by Gasteiger charge is -2.52. The first kappa shape index (κ1) is 16.8. The maximum Gasteiger partial charge on any atom is 0.214 e. The molecule has 3 heterocycles. The number of hydrogen-bond acceptors (Lipinski definition) is 5. The lowest BCUT2D eigenvalue weighted by Crippen LogP contribution is -2.67. The van der Waals surface area contributed by atoms with E-state index in [4.69, 9.17) is 9.47 Å². The second-order valence-electron chi connectivity index (χ2n) is 6.40. The molecule has 2 aliphatic heterocycles. The molecule has 0 saturated carbocycles. The van der Waals surface area contributed by atoms with Crippen molar-refractivity contribution in [2.24, 2.45) is 0 Å². The first-order chi connectivity index (χ1) is 11.0. The predicted molar refractivity (Wildman–Crippen MR) is 86.4 cm³/mol. The molecule has 3 rings (SSSR count). The lowest BCUT2D eigenvalue weighted by molar-refractivity contribution is -0.180. The molecule has 7 heteroatoms. The van der Waals surface area contributed by atoms with Gasteiger partial charge in [-0.05, 0) is 24.5 Å². The molecule has 128 valence electrons. The highest BCUT2D eigenvalue weighted by Gasteiger charge is 2.51. The van der Waals surface area contributed by atoms with E-state index >= 15 is 0 Å². The van der Waals surface area contributed by atoms with E-state index in [9.17, 15) is 8.42 Å². The molecule has 1 aromatic rings. The minimum Gasteiger partial charge on any atom is -0.373 e. The van der Waals surface area contributed by atoms with Crippen LogP contribution in [0.1, 0.15) is 31.7 Å². The summed E-state index contributed by atoms with van der Waals surface area (Å²) in [7, 11) is -3.12. The van der Waals surface area contributed by atoms with Crippen LogP contribution in [-0.4, -0.2) is 54.9 Å². The average Bonchev–Trinajstić information content (AvgIpc) is 2.52. The third-order valence-electron chi connectivity index (χ3n) is 4.44. The molecule has 23 heavy (non-hydrogen) atoms. The molecule has 1 atom stereocenters. The Bertz CT molecular complexity index is 614. The van der Waals surface area contributed by atoms with E-state index in [1.54, 1.807) is 16.7 Å². The Balaban J connectivity index is 1.52. The minimum absolute atomic E-state index is 0.111. The molecule has 2 fully saturated rings. The second kappa shape index (κ2) is 6.84. The molecule has 0 amide bonds. The fourth-order valence-electron chi connectivity index (χ4n) is 3.22. The normalized spacial score (nSPS) is 24.5. The molecule has 2 saturated heterocycles. The summed E-state index contributed by atoms with van der Waals surface area (Å²) < 4.78 is 37.5. The van der Waals surface area contributed by atoms with Crippen LogP contribution in [-0.2, 0) is 26.1 Å². The van der Waals surface area contributed by atoms with E-state index in [1.807, 2.05) is 19.1 Å². The number of ether oxygens (including phenoxy) is 2. The van der Waals surface area contributed by atoms with Crippen molar-refractivity contribution < 1.29 is 17.9 Å². The summed E-state index contributed by atoms with van der Waals surface area (Å²) in [5.74, 6) is 0.212. The van der Waals surface area contributed by atoms with E-state index in [0.29, 0.717) is 32.7 Å². The van der Waals surface area contributed by atoms with Gasteiger partial charge in [0.15, 0.2) is 0 Å². The van der Waals surface area contributed by atoms with Gasteiger partial charge in [-0.2, -0.15) is 4.31 Å². The molecule has 1 unspecified atom stereocenters. The van der Waals surface area contributed by atoms with Gasteiger partial charge in [0.1, 0.15) is 0 Å². The van der Waals surface area contributed by atoms with Gasteiger partial charge in [-0.1, -0.05) is 13.0 Å². The minimum atomic E-state index is -3.12. The predicted octanol–water partition coefficient (Wildman–Crippen LogP) is 1.57. The number of rotatable bonds is 6. The molecule has 1 aromatic heterocycles. The fourth-order valence-corrected chi connectivity index (χ4v) is 4.86. The summed E-state index contributed by atoms with van der Waals surface area (Å²) in [6.45, 7) is 3.96. The first-order valence-corrected chi connectivity index (χ1v) is 9.76. The van der Waals surface area contributed by atoms with E-state index < -0.39 is 10.0 Å². The molecular formula is C16H24N2O4S. The smallest absolute Gasteiger partial charge is 0.214 e. The molecule has 1 spiro atoms. The van der Waals surface area contributed by atoms with Crippen LogP contribution in [0.5, 0.6) is 0 Å². The molecule has 0 aromatic carbocycles. The van der Waals surface area contributed by atoms with Crippen LogP contribution in [0.25, 0.3) is 0 Å². The second-order valence-corrected chi connectivity index (χ2v) is 8.49. The SMILES string of the molecule is CCCS(=O)(=O)N1CC2(CC(OCc3cccnc3)CCO2)C1. The summed E-state index contributed by atoms with van der Waals surface area (Å²) in [4.78, 5) is 4.08. The number of nitrogens with zero attached hydrogens (tertiary/aromatic N) is 2. The quantitative estimate of drug-likeness (QED) is 0.786. The number of sulfonamides is 1. The highest BCUT2D eigenvalue weighted by Crippen LogP contribution is 2.37. The van der Waals surface area contributed by atoms with E-state index in [1.165, 1.54) is 0 Å². The van der Waals surface area contributed by atoms with Gasteiger partial charge in [-0.3, -0.25) is 4.98 Å². The Morgan fingerprint density at radius 3 is 3.00 bits per heavy atom. The summed E-state index contributed by atoms with van der Waals surface area (Å²) in [5, 5.41) is 0. The van der Waals surface area contributed by atoms with Gasteiger partial charge >= 0.3 is 0 Å². The zero-order chi connectivity index (χ0) is 16.3. The van der Waals surface area contributed by atoms with Crippen LogP contribution in [0.4, 0.5) is 0 Å². The average molecular weight is 340 g/mol. The Morgan fingerprint density at radius 1 is 1.48 bits per heavy atom. The van der Waals surface area contributed by atoms with Crippen LogP contribution < -0.4 is 0 Å². The van der Waals surface area contributed by atoms with Gasteiger partial charge in [0.05, 0.1) is 24.1 Å². The first-order valence-electron chi connectivity index (χ1n) is 8.15. The lowest BCUT2D eigenvalue weighted by atomic mass is 9.86. The van der Waals surface area contributed by atoms with Gasteiger partial charge in [0, 0.05) is 38.5 Å². The molecule has 6 nitrogen and oxygen atoms in total. The largest absolute Gasteiger partial charge is 0.373 e. The Hall–Kier alpha value is -1.02. The molecule has 0 N–H and O–H groups in total. The Kier molecular flexibility index (Phi) is 5.01. The van der Waals surface area contributed by atoms with Crippen LogP contribution in [0.2, 0.25) is 0 Å². The zero-order valence-corrected chi connectivity index (χ0v) is 14.3. The molecule has 0 aliphatic carbocycles. The third-order valence-corrected chi connectivity index (χ3v) is 6.41. The van der Waals surface area contributed by atoms with E-state index in [-0.39, 0.29) is 17.5 Å². The molecule has 0 bridgehead atoms. The maximum absolute atomic E-state index is 12.1. The molecular weight excluding hydrogens is 316 g/mol. The van der Waals surface area contributed by atoms with Crippen LogP contribution >= 0.6 is 0 Å². The van der Waals surface area contributed by atoms with Crippen molar-refractivity contribution in [3.8, 4) is 0 Å². The van der Waals surface area contributed by atoms with E-state index in [0.717, 1.165) is 18.4 Å². The van der Waals surface area contributed by atoms with Crippen molar-refractivity contribution in [1.29, 1.82) is 0 Å². The molecule has 2 aliphatic rings. The van der Waals surface area contributed by atoms with Gasteiger partial charge < -0.3 is 9.47 Å². The van der Waals surface area contributed by atoms with Crippen molar-refractivity contribution in [1.82, 2.24) is 9.29 Å². The van der Waals surface area contributed by atoms with Crippen molar-refractivity contribution in [2.45, 2.75) is 44.5 Å². The van der Waals surface area contributed by atoms with Crippen LogP contribution in [0.3, 0.4) is 0 Å². The van der Waals surface area contributed by atoms with Crippen LogP contribution in [0.15, 0.2) is 24.5 Å². The standard InChI is InChI=1S/C16H24N2O4S/c1-2-8-23(19,20)18-12-16(13-18)9-15(5-7-22-16)21-11-14-4-3-6-17-10-14/h3-4,6,10,15H,2,5,7-9,11-13H2,1H3. The maximum atomic E-state index is 12.1. The fraction of sp³-hybridized carbons (Fsp3) is 0.688. The zero-order valence-electron chi connectivity index (χ0n) is 13.5. The summed E-state index contributed by atoms with van der Waals surface area (Å²) in [5.41, 5.74) is 0.701. The third kappa shape index (κ3) is 3.91. The Morgan fingerprint density at radius 2 is 2.30 bits per heavy atom. The monoisotopic (exact) mass is 340 g/mol. The number of aromatic nitrogens is 1. The number of hydrogen-bond donors (Lipinski definition) is 0. The summed E-state index contributed by atoms with van der Waals surface area (Å²) >= 11 is 0. The van der Waals surface area contributed by atoms with Crippen molar-refractivity contribution in [2.75, 3.05) is 25.4 Å². The van der Waals surface area contributed by atoms with Gasteiger partial charge in [-0.15, -0.1) is 0 Å².